The minimum Gasteiger partial charge on any atom is -0.493 e. The molecule has 3 rings (SSSR count). The molecule has 8 heteroatoms. The van der Waals surface area contributed by atoms with Crippen LogP contribution in [0.4, 0.5) is 17.1 Å². The highest BCUT2D eigenvalue weighted by Gasteiger charge is 2.24. The van der Waals surface area contributed by atoms with Crippen molar-refractivity contribution in [2.24, 2.45) is 0 Å². The van der Waals surface area contributed by atoms with Crippen molar-refractivity contribution >= 4 is 28.9 Å². The Kier molecular flexibility index (Phi) is 5.58. The van der Waals surface area contributed by atoms with Crippen LogP contribution < -0.4 is 30.2 Å². The molecule has 2 aromatic carbocycles. The SMILES string of the molecule is COc1ccc(NC(=O)C(C)Nc2ccc3c(c2)NC(=O)C(C)O3)cc1OC. The van der Waals surface area contributed by atoms with Crippen molar-refractivity contribution in [1.29, 1.82) is 0 Å². The van der Waals surface area contributed by atoms with Gasteiger partial charge in [-0.15, -0.1) is 0 Å². The number of ether oxygens (including phenoxy) is 3. The number of carbonyl (C=O) groups excluding carboxylic acids is 2. The van der Waals surface area contributed by atoms with Gasteiger partial charge in [0.25, 0.3) is 5.91 Å². The molecule has 0 radical (unpaired) electrons. The molecular formula is C20H23N3O5. The van der Waals surface area contributed by atoms with Crippen LogP contribution in [0.5, 0.6) is 17.2 Å². The second-order valence-corrected chi connectivity index (χ2v) is 6.39. The number of carbonyl (C=O) groups is 2. The first kappa shape index (κ1) is 19.3. The number of nitrogens with one attached hydrogen (secondary N) is 3. The lowest BCUT2D eigenvalue weighted by Crippen LogP contribution is -2.34. The summed E-state index contributed by atoms with van der Waals surface area (Å²) in [5, 5.41) is 8.73. The lowest BCUT2D eigenvalue weighted by molar-refractivity contribution is -0.122. The summed E-state index contributed by atoms with van der Waals surface area (Å²) in [6, 6.07) is 9.91. The summed E-state index contributed by atoms with van der Waals surface area (Å²) in [4.78, 5) is 24.3. The number of benzene rings is 2. The average Bonchev–Trinajstić information content (AvgIpc) is 2.68. The van der Waals surface area contributed by atoms with E-state index in [-0.39, 0.29) is 11.8 Å². The van der Waals surface area contributed by atoms with E-state index >= 15 is 0 Å². The molecule has 0 aliphatic carbocycles. The Balaban J connectivity index is 1.66. The number of rotatable bonds is 6. The standard InChI is InChI=1S/C20H23N3O5/c1-11(19(24)22-14-6-8-17(26-3)18(10-14)27-4)21-13-5-7-16-15(9-13)23-20(25)12(2)28-16/h5-12,21H,1-4H3,(H,22,24)(H,23,25). The van der Waals surface area contributed by atoms with Crippen LogP contribution in [0.2, 0.25) is 0 Å². The van der Waals surface area contributed by atoms with Gasteiger partial charge in [0.2, 0.25) is 5.91 Å². The van der Waals surface area contributed by atoms with E-state index in [1.165, 1.54) is 7.11 Å². The molecule has 8 nitrogen and oxygen atoms in total. The molecule has 1 aliphatic heterocycles. The Labute approximate surface area is 163 Å². The van der Waals surface area contributed by atoms with Crippen LogP contribution in [-0.2, 0) is 9.59 Å². The molecular weight excluding hydrogens is 362 g/mol. The van der Waals surface area contributed by atoms with Gasteiger partial charge in [-0.25, -0.2) is 0 Å². The fourth-order valence-electron chi connectivity index (χ4n) is 2.78. The van der Waals surface area contributed by atoms with Gasteiger partial charge in [-0.3, -0.25) is 9.59 Å². The zero-order chi connectivity index (χ0) is 20.3. The van der Waals surface area contributed by atoms with Gasteiger partial charge in [-0.2, -0.15) is 0 Å². The minimum atomic E-state index is -0.530. The molecule has 2 atom stereocenters. The highest BCUT2D eigenvalue weighted by Crippen LogP contribution is 2.32. The van der Waals surface area contributed by atoms with E-state index in [1.54, 1.807) is 57.4 Å². The number of amides is 2. The maximum absolute atomic E-state index is 12.5. The summed E-state index contributed by atoms with van der Waals surface area (Å²) in [5.41, 5.74) is 1.85. The molecule has 148 valence electrons. The van der Waals surface area contributed by atoms with E-state index in [4.69, 9.17) is 14.2 Å². The van der Waals surface area contributed by atoms with Crippen LogP contribution in [0.25, 0.3) is 0 Å². The maximum Gasteiger partial charge on any atom is 0.265 e. The van der Waals surface area contributed by atoms with Gasteiger partial charge in [0.1, 0.15) is 11.8 Å². The number of methoxy groups -OCH3 is 2. The summed E-state index contributed by atoms with van der Waals surface area (Å²) in [6.45, 7) is 3.43. The molecule has 0 saturated carbocycles. The largest absolute Gasteiger partial charge is 0.493 e. The lowest BCUT2D eigenvalue weighted by atomic mass is 10.2. The van der Waals surface area contributed by atoms with Gasteiger partial charge >= 0.3 is 0 Å². The predicted octanol–water partition coefficient (Wildman–Crippen LogP) is 2.86. The monoisotopic (exact) mass is 385 g/mol. The molecule has 3 N–H and O–H groups in total. The van der Waals surface area contributed by atoms with E-state index in [2.05, 4.69) is 16.0 Å². The van der Waals surface area contributed by atoms with E-state index in [0.717, 1.165) is 0 Å². The zero-order valence-electron chi connectivity index (χ0n) is 16.2. The Hall–Kier alpha value is -3.42. The van der Waals surface area contributed by atoms with Crippen molar-refractivity contribution in [3.63, 3.8) is 0 Å². The molecule has 2 aromatic rings. The van der Waals surface area contributed by atoms with Crippen molar-refractivity contribution in [1.82, 2.24) is 0 Å². The summed E-state index contributed by atoms with van der Waals surface area (Å²) in [6.07, 6.45) is -0.530. The Morgan fingerprint density at radius 2 is 1.82 bits per heavy atom. The zero-order valence-corrected chi connectivity index (χ0v) is 16.2. The second kappa shape index (κ2) is 8.08. The van der Waals surface area contributed by atoms with E-state index in [9.17, 15) is 9.59 Å². The third-order valence-corrected chi connectivity index (χ3v) is 4.34. The van der Waals surface area contributed by atoms with Crippen molar-refractivity contribution in [3.05, 3.63) is 36.4 Å². The second-order valence-electron chi connectivity index (χ2n) is 6.39. The molecule has 2 unspecified atom stereocenters. The number of hydrogen-bond acceptors (Lipinski definition) is 6. The fraction of sp³-hybridized carbons (Fsp3) is 0.300. The van der Waals surface area contributed by atoms with Crippen molar-refractivity contribution < 1.29 is 23.8 Å². The number of hydrogen-bond donors (Lipinski definition) is 3. The normalized spacial score (nSPS) is 16.1. The first-order chi connectivity index (χ1) is 13.4. The molecule has 0 bridgehead atoms. The van der Waals surface area contributed by atoms with E-state index < -0.39 is 12.1 Å². The first-order valence-corrected chi connectivity index (χ1v) is 8.82. The van der Waals surface area contributed by atoms with Gasteiger partial charge in [0, 0.05) is 17.4 Å². The molecule has 1 aliphatic rings. The van der Waals surface area contributed by atoms with Gasteiger partial charge in [-0.1, -0.05) is 0 Å². The van der Waals surface area contributed by atoms with Crippen molar-refractivity contribution in [3.8, 4) is 17.2 Å². The van der Waals surface area contributed by atoms with Crippen LogP contribution in [0.1, 0.15) is 13.8 Å². The maximum atomic E-state index is 12.5. The van der Waals surface area contributed by atoms with Gasteiger partial charge in [0.15, 0.2) is 17.6 Å². The molecule has 0 aromatic heterocycles. The summed E-state index contributed by atoms with van der Waals surface area (Å²) in [5.74, 6) is 1.28. The molecule has 2 amide bonds. The average molecular weight is 385 g/mol. The summed E-state index contributed by atoms with van der Waals surface area (Å²) < 4.78 is 16.0. The van der Waals surface area contributed by atoms with E-state index in [0.29, 0.717) is 34.3 Å². The van der Waals surface area contributed by atoms with Gasteiger partial charge < -0.3 is 30.2 Å². The smallest absolute Gasteiger partial charge is 0.265 e. The van der Waals surface area contributed by atoms with Crippen LogP contribution in [0.3, 0.4) is 0 Å². The van der Waals surface area contributed by atoms with Gasteiger partial charge in [-0.05, 0) is 44.2 Å². The van der Waals surface area contributed by atoms with E-state index in [1.807, 2.05) is 0 Å². The Bertz CT molecular complexity index is 899. The Morgan fingerprint density at radius 3 is 2.54 bits per heavy atom. The summed E-state index contributed by atoms with van der Waals surface area (Å²) in [7, 11) is 3.09. The number of fused-ring (bicyclic) bond motifs is 1. The minimum absolute atomic E-state index is 0.205. The molecule has 0 fully saturated rings. The molecule has 1 heterocycles. The van der Waals surface area contributed by atoms with Crippen molar-refractivity contribution in [2.75, 3.05) is 30.2 Å². The third-order valence-electron chi connectivity index (χ3n) is 4.34. The summed E-state index contributed by atoms with van der Waals surface area (Å²) >= 11 is 0. The lowest BCUT2D eigenvalue weighted by Gasteiger charge is -2.24. The molecule has 0 saturated heterocycles. The van der Waals surface area contributed by atoms with Crippen LogP contribution >= 0.6 is 0 Å². The number of anilines is 3. The fourth-order valence-corrected chi connectivity index (χ4v) is 2.78. The third kappa shape index (κ3) is 4.11. The van der Waals surface area contributed by atoms with Gasteiger partial charge in [0.05, 0.1) is 19.9 Å². The predicted molar refractivity (Wildman–Crippen MR) is 106 cm³/mol. The van der Waals surface area contributed by atoms with Crippen LogP contribution in [0, 0.1) is 0 Å². The first-order valence-electron chi connectivity index (χ1n) is 8.82. The Morgan fingerprint density at radius 1 is 1.11 bits per heavy atom. The van der Waals surface area contributed by atoms with Crippen LogP contribution in [-0.4, -0.2) is 38.2 Å². The van der Waals surface area contributed by atoms with Crippen molar-refractivity contribution in [2.45, 2.75) is 26.0 Å². The quantitative estimate of drug-likeness (QED) is 0.707. The topological polar surface area (TPSA) is 97.9 Å². The highest BCUT2D eigenvalue weighted by molar-refractivity contribution is 5.99. The highest BCUT2D eigenvalue weighted by atomic mass is 16.5. The molecule has 0 spiro atoms. The molecule has 28 heavy (non-hydrogen) atoms. The van der Waals surface area contributed by atoms with Crippen LogP contribution in [0.15, 0.2) is 36.4 Å².